The first kappa shape index (κ1) is 15.3. The number of benzene rings is 1. The third-order valence-corrected chi connectivity index (χ3v) is 4.02. The number of hydrogen-bond acceptors (Lipinski definition) is 5. The summed E-state index contributed by atoms with van der Waals surface area (Å²) >= 11 is 5.69. The van der Waals surface area contributed by atoms with Crippen LogP contribution in [-0.4, -0.2) is 25.8 Å². The van der Waals surface area contributed by atoms with Crippen LogP contribution in [0.4, 0.5) is 5.69 Å². The molecule has 0 unspecified atom stereocenters. The predicted molar refractivity (Wildman–Crippen MR) is 67.1 cm³/mol. The largest absolute Gasteiger partial charge is 0.370 e. The Morgan fingerprint density at radius 1 is 1.47 bits per heavy atom. The number of nitro benzene ring substituents is 1. The lowest BCUT2D eigenvalue weighted by atomic mass is 10.3. The molecule has 0 saturated heterocycles. The van der Waals surface area contributed by atoms with Gasteiger partial charge in [0.1, 0.15) is 4.90 Å². The Balaban J connectivity index is 3.03. The van der Waals surface area contributed by atoms with Crippen LogP contribution in [0.5, 0.6) is 0 Å². The van der Waals surface area contributed by atoms with E-state index in [4.69, 9.17) is 17.3 Å². The lowest BCUT2D eigenvalue weighted by molar-refractivity contribution is -0.385. The summed E-state index contributed by atoms with van der Waals surface area (Å²) in [5.41, 5.74) is 4.46. The second-order valence-corrected chi connectivity index (χ2v) is 5.63. The Morgan fingerprint density at radius 2 is 2.11 bits per heavy atom. The third-order valence-electron chi connectivity index (χ3n) is 2.08. The van der Waals surface area contributed by atoms with Gasteiger partial charge in [0.2, 0.25) is 15.9 Å². The Bertz CT molecular complexity index is 616. The van der Waals surface area contributed by atoms with Gasteiger partial charge in [-0.05, 0) is 6.07 Å². The number of amides is 1. The third kappa shape index (κ3) is 4.16. The fraction of sp³-hybridized carbons (Fsp3) is 0.222. The Hall–Kier alpha value is -1.71. The van der Waals surface area contributed by atoms with Crippen LogP contribution in [0, 0.1) is 10.1 Å². The summed E-state index contributed by atoms with van der Waals surface area (Å²) in [4.78, 5) is 19.9. The van der Waals surface area contributed by atoms with Crippen LogP contribution in [0.25, 0.3) is 0 Å². The van der Waals surface area contributed by atoms with Crippen molar-refractivity contribution in [1.82, 2.24) is 4.72 Å². The molecule has 8 nitrogen and oxygen atoms in total. The number of nitrogens with two attached hydrogens (primary N) is 1. The van der Waals surface area contributed by atoms with Crippen molar-refractivity contribution in [3.8, 4) is 0 Å². The van der Waals surface area contributed by atoms with E-state index in [1.807, 2.05) is 0 Å². The van der Waals surface area contributed by atoms with Crippen LogP contribution < -0.4 is 10.5 Å². The van der Waals surface area contributed by atoms with E-state index in [0.717, 1.165) is 18.2 Å². The van der Waals surface area contributed by atoms with Crippen molar-refractivity contribution >= 4 is 33.2 Å². The van der Waals surface area contributed by atoms with Gasteiger partial charge < -0.3 is 5.73 Å². The number of sulfonamides is 1. The molecule has 0 fully saturated rings. The molecule has 0 saturated carbocycles. The van der Waals surface area contributed by atoms with Gasteiger partial charge in [-0.25, -0.2) is 13.1 Å². The minimum absolute atomic E-state index is 0.155. The minimum atomic E-state index is -4.04. The highest BCUT2D eigenvalue weighted by Gasteiger charge is 2.21. The summed E-state index contributed by atoms with van der Waals surface area (Å²) in [6.07, 6.45) is -0.189. The molecule has 10 heteroatoms. The summed E-state index contributed by atoms with van der Waals surface area (Å²) in [6.45, 7) is -0.212. The summed E-state index contributed by atoms with van der Waals surface area (Å²) in [5.74, 6) is -0.673. The van der Waals surface area contributed by atoms with Gasteiger partial charge in [0, 0.05) is 25.1 Å². The maximum atomic E-state index is 11.8. The smallest absolute Gasteiger partial charge is 0.270 e. The van der Waals surface area contributed by atoms with Gasteiger partial charge in [-0.1, -0.05) is 11.6 Å². The number of primary amides is 1. The highest BCUT2D eigenvalue weighted by Crippen LogP contribution is 2.25. The van der Waals surface area contributed by atoms with Gasteiger partial charge in [-0.15, -0.1) is 0 Å². The summed E-state index contributed by atoms with van der Waals surface area (Å²) in [6, 6.07) is 3.04. The molecule has 1 amide bonds. The van der Waals surface area contributed by atoms with E-state index in [1.54, 1.807) is 0 Å². The van der Waals surface area contributed by atoms with Gasteiger partial charge in [0.15, 0.2) is 0 Å². The number of non-ortho nitro benzene ring substituents is 1. The van der Waals surface area contributed by atoms with Crippen molar-refractivity contribution in [2.24, 2.45) is 5.73 Å². The van der Waals surface area contributed by atoms with Crippen molar-refractivity contribution in [3.05, 3.63) is 33.3 Å². The molecule has 0 atom stereocenters. The Kier molecular flexibility index (Phi) is 4.81. The molecular weight excluding hydrogens is 298 g/mol. The average molecular weight is 308 g/mol. The maximum Gasteiger partial charge on any atom is 0.270 e. The number of halogens is 1. The van der Waals surface area contributed by atoms with E-state index in [9.17, 15) is 23.3 Å². The van der Waals surface area contributed by atoms with Gasteiger partial charge in [-0.2, -0.15) is 0 Å². The van der Waals surface area contributed by atoms with Crippen LogP contribution in [-0.2, 0) is 14.8 Å². The average Bonchev–Trinajstić information content (AvgIpc) is 2.28. The summed E-state index contributed by atoms with van der Waals surface area (Å²) in [5, 5.41) is 10.4. The number of carbonyl (C=O) groups is 1. The highest BCUT2D eigenvalue weighted by molar-refractivity contribution is 7.89. The lowest BCUT2D eigenvalue weighted by Gasteiger charge is -2.07. The zero-order valence-corrected chi connectivity index (χ0v) is 11.1. The highest BCUT2D eigenvalue weighted by atomic mass is 35.5. The van der Waals surface area contributed by atoms with E-state index >= 15 is 0 Å². The van der Waals surface area contributed by atoms with Crippen LogP contribution in [0.2, 0.25) is 5.02 Å². The van der Waals surface area contributed by atoms with Gasteiger partial charge in [0.05, 0.1) is 9.95 Å². The summed E-state index contributed by atoms with van der Waals surface area (Å²) < 4.78 is 25.8. The lowest BCUT2D eigenvalue weighted by Crippen LogP contribution is -2.28. The number of carbonyl (C=O) groups excluding carboxylic acids is 1. The number of nitrogens with one attached hydrogen (secondary N) is 1. The molecule has 0 bridgehead atoms. The van der Waals surface area contributed by atoms with Crippen LogP contribution in [0.3, 0.4) is 0 Å². The standard InChI is InChI=1S/C9H10ClN3O5S/c10-7-2-1-6(13(15)16)5-8(7)19(17,18)12-4-3-9(11)14/h1-2,5,12H,3-4H2,(H2,11,14). The molecule has 3 N–H and O–H groups in total. The zero-order chi connectivity index (χ0) is 14.6. The van der Waals surface area contributed by atoms with Crippen LogP contribution in [0.1, 0.15) is 6.42 Å². The van der Waals surface area contributed by atoms with Crippen molar-refractivity contribution in [2.75, 3.05) is 6.54 Å². The van der Waals surface area contributed by atoms with Crippen molar-refractivity contribution in [3.63, 3.8) is 0 Å². The van der Waals surface area contributed by atoms with Crippen molar-refractivity contribution < 1.29 is 18.1 Å². The van der Waals surface area contributed by atoms with E-state index in [-0.39, 0.29) is 18.0 Å². The van der Waals surface area contributed by atoms with Gasteiger partial charge in [-0.3, -0.25) is 14.9 Å². The normalized spacial score (nSPS) is 11.2. The second kappa shape index (κ2) is 5.95. The number of nitrogens with zero attached hydrogens (tertiary/aromatic N) is 1. The molecule has 1 aromatic rings. The molecule has 0 aromatic heterocycles. The first-order chi connectivity index (χ1) is 8.74. The topological polar surface area (TPSA) is 132 Å². The first-order valence-electron chi connectivity index (χ1n) is 4.96. The van der Waals surface area contributed by atoms with Crippen LogP contribution in [0.15, 0.2) is 23.1 Å². The number of rotatable bonds is 6. The molecule has 0 aliphatic carbocycles. The second-order valence-electron chi connectivity index (χ2n) is 3.49. The van der Waals surface area contributed by atoms with Crippen molar-refractivity contribution in [2.45, 2.75) is 11.3 Å². The van der Waals surface area contributed by atoms with Crippen molar-refractivity contribution in [1.29, 1.82) is 0 Å². The monoisotopic (exact) mass is 307 g/mol. The first-order valence-corrected chi connectivity index (χ1v) is 6.82. The molecule has 0 spiro atoms. The molecule has 0 aliphatic rings. The molecule has 0 radical (unpaired) electrons. The van der Waals surface area contributed by atoms with Gasteiger partial charge >= 0.3 is 0 Å². The summed E-state index contributed by atoms with van der Waals surface area (Å²) in [7, 11) is -4.04. The maximum absolute atomic E-state index is 11.8. The molecule has 19 heavy (non-hydrogen) atoms. The van der Waals surface area contributed by atoms with E-state index in [0.29, 0.717) is 0 Å². The quantitative estimate of drug-likeness (QED) is 0.580. The van der Waals surface area contributed by atoms with E-state index in [1.165, 1.54) is 0 Å². The Labute approximate surface area is 113 Å². The minimum Gasteiger partial charge on any atom is -0.370 e. The van der Waals surface area contributed by atoms with E-state index < -0.39 is 31.4 Å². The fourth-order valence-electron chi connectivity index (χ4n) is 1.20. The molecule has 1 rings (SSSR count). The number of nitro groups is 1. The number of hydrogen-bond donors (Lipinski definition) is 2. The molecule has 0 heterocycles. The molecule has 104 valence electrons. The van der Waals surface area contributed by atoms with Gasteiger partial charge in [0.25, 0.3) is 5.69 Å². The Morgan fingerprint density at radius 3 is 2.63 bits per heavy atom. The zero-order valence-electron chi connectivity index (χ0n) is 9.50. The predicted octanol–water partition coefficient (Wildman–Crippen LogP) is 0.402. The SMILES string of the molecule is NC(=O)CCNS(=O)(=O)c1cc([N+](=O)[O-])ccc1Cl. The fourth-order valence-corrected chi connectivity index (χ4v) is 2.75. The molecule has 0 aliphatic heterocycles. The van der Waals surface area contributed by atoms with E-state index in [2.05, 4.69) is 4.72 Å². The van der Waals surface area contributed by atoms with Crippen LogP contribution >= 0.6 is 11.6 Å². The molecule has 1 aromatic carbocycles. The molecular formula is C9H10ClN3O5S.